The Morgan fingerprint density at radius 1 is 1.22 bits per heavy atom. The Bertz CT molecular complexity index is 916. The predicted molar refractivity (Wildman–Crippen MR) is 99.3 cm³/mol. The molecular weight excluding hydrogens is 369 g/mol. The number of rotatable bonds is 7. The average molecular weight is 387 g/mol. The van der Waals surface area contributed by atoms with Crippen molar-refractivity contribution in [3.05, 3.63) is 59.9 Å². The van der Waals surface area contributed by atoms with E-state index in [0.29, 0.717) is 23.1 Å². The van der Waals surface area contributed by atoms with Crippen LogP contribution in [0.15, 0.2) is 53.7 Å². The van der Waals surface area contributed by atoms with E-state index in [1.807, 2.05) is 24.3 Å². The second kappa shape index (κ2) is 8.63. The summed E-state index contributed by atoms with van der Waals surface area (Å²) in [6, 6.07) is 13.4. The van der Waals surface area contributed by atoms with Crippen molar-refractivity contribution in [3.8, 4) is 11.4 Å². The molecule has 0 N–H and O–H groups in total. The number of carbonyl (C=O) groups excluding carboxylic acids is 1. The largest absolute Gasteiger partial charge is 0.494 e. The van der Waals surface area contributed by atoms with E-state index in [1.54, 1.807) is 31.2 Å². The highest BCUT2D eigenvalue weighted by Gasteiger charge is 2.16. The van der Waals surface area contributed by atoms with Gasteiger partial charge in [0.25, 0.3) is 0 Å². The summed E-state index contributed by atoms with van der Waals surface area (Å²) in [7, 11) is 3.28. The molecule has 0 radical (unpaired) electrons. The normalized spacial score (nSPS) is 10.6. The number of tetrazole rings is 1. The Morgan fingerprint density at radius 3 is 2.70 bits per heavy atom. The zero-order chi connectivity index (χ0) is 19.2. The fourth-order valence-electron chi connectivity index (χ4n) is 2.41. The topological polar surface area (TPSA) is 73.1 Å². The van der Waals surface area contributed by atoms with Crippen molar-refractivity contribution in [2.24, 2.45) is 0 Å². The molecular formula is C18H18FN5O2S. The molecule has 3 aromatic rings. The standard InChI is InChI=1S/C18H18FN5O2S/c1-23(11-13-7-9-14(19)10-8-13)17(25)12-27-18-20-21-22-24(18)15-5-3-4-6-16(15)26-2/h3-10H,11-12H2,1-2H3. The summed E-state index contributed by atoms with van der Waals surface area (Å²) in [4.78, 5) is 14.0. The molecule has 3 rings (SSSR count). The van der Waals surface area contributed by atoms with Crippen LogP contribution in [0.25, 0.3) is 5.69 Å². The number of aromatic nitrogens is 4. The Balaban J connectivity index is 1.64. The molecule has 0 atom stereocenters. The lowest BCUT2D eigenvalue weighted by Crippen LogP contribution is -2.27. The maximum atomic E-state index is 13.0. The van der Waals surface area contributed by atoms with Gasteiger partial charge in [0, 0.05) is 13.6 Å². The van der Waals surface area contributed by atoms with Gasteiger partial charge in [-0.2, -0.15) is 4.68 Å². The predicted octanol–water partition coefficient (Wildman–Crippen LogP) is 2.56. The monoisotopic (exact) mass is 387 g/mol. The smallest absolute Gasteiger partial charge is 0.233 e. The molecule has 0 unspecified atom stereocenters. The molecule has 7 nitrogen and oxygen atoms in total. The number of carbonyl (C=O) groups is 1. The van der Waals surface area contributed by atoms with Gasteiger partial charge in [-0.15, -0.1) is 5.10 Å². The van der Waals surface area contributed by atoms with Crippen LogP contribution in [0, 0.1) is 5.82 Å². The van der Waals surface area contributed by atoms with Crippen LogP contribution in [-0.2, 0) is 11.3 Å². The van der Waals surface area contributed by atoms with Gasteiger partial charge in [0.15, 0.2) is 0 Å². The number of hydrogen-bond donors (Lipinski definition) is 0. The molecule has 1 amide bonds. The van der Waals surface area contributed by atoms with Crippen molar-refractivity contribution in [1.29, 1.82) is 0 Å². The third-order valence-electron chi connectivity index (χ3n) is 3.84. The van der Waals surface area contributed by atoms with Crippen molar-refractivity contribution in [2.75, 3.05) is 19.9 Å². The molecule has 0 saturated carbocycles. The fraction of sp³-hybridized carbons (Fsp3) is 0.222. The van der Waals surface area contributed by atoms with Crippen LogP contribution in [0.2, 0.25) is 0 Å². The van der Waals surface area contributed by atoms with Gasteiger partial charge in [-0.05, 0) is 40.3 Å². The molecule has 0 aliphatic heterocycles. The van der Waals surface area contributed by atoms with Gasteiger partial charge < -0.3 is 9.64 Å². The van der Waals surface area contributed by atoms with Gasteiger partial charge in [0.2, 0.25) is 11.1 Å². The molecule has 9 heteroatoms. The third-order valence-corrected chi connectivity index (χ3v) is 4.74. The summed E-state index contributed by atoms with van der Waals surface area (Å²) >= 11 is 1.24. The summed E-state index contributed by atoms with van der Waals surface area (Å²) in [6.45, 7) is 0.400. The van der Waals surface area contributed by atoms with Gasteiger partial charge in [0.05, 0.1) is 12.9 Å². The maximum absolute atomic E-state index is 13.0. The number of thioether (sulfide) groups is 1. The summed E-state index contributed by atoms with van der Waals surface area (Å²) < 4.78 is 19.9. The summed E-state index contributed by atoms with van der Waals surface area (Å²) in [5.74, 6) is 0.421. The Morgan fingerprint density at radius 2 is 1.96 bits per heavy atom. The molecule has 1 heterocycles. The average Bonchev–Trinajstić information content (AvgIpc) is 3.16. The summed E-state index contributed by atoms with van der Waals surface area (Å²) in [6.07, 6.45) is 0. The summed E-state index contributed by atoms with van der Waals surface area (Å²) in [5.41, 5.74) is 1.55. The SMILES string of the molecule is COc1ccccc1-n1nnnc1SCC(=O)N(C)Cc1ccc(F)cc1. The number of ether oxygens (including phenoxy) is 1. The van der Waals surface area contributed by atoms with E-state index in [-0.39, 0.29) is 17.5 Å². The minimum Gasteiger partial charge on any atom is -0.494 e. The minimum atomic E-state index is -0.300. The van der Waals surface area contributed by atoms with E-state index < -0.39 is 0 Å². The van der Waals surface area contributed by atoms with Crippen molar-refractivity contribution < 1.29 is 13.9 Å². The molecule has 0 aliphatic rings. The molecule has 2 aromatic carbocycles. The van der Waals surface area contributed by atoms with E-state index in [2.05, 4.69) is 15.5 Å². The van der Waals surface area contributed by atoms with Crippen LogP contribution in [0.3, 0.4) is 0 Å². The first-order valence-electron chi connectivity index (χ1n) is 8.11. The van der Waals surface area contributed by atoms with Crippen LogP contribution in [-0.4, -0.2) is 50.9 Å². The van der Waals surface area contributed by atoms with Gasteiger partial charge in [-0.3, -0.25) is 4.79 Å². The van der Waals surface area contributed by atoms with Crippen LogP contribution < -0.4 is 4.74 Å². The first kappa shape index (κ1) is 18.8. The molecule has 140 valence electrons. The van der Waals surface area contributed by atoms with E-state index in [0.717, 1.165) is 5.56 Å². The van der Waals surface area contributed by atoms with Gasteiger partial charge >= 0.3 is 0 Å². The Hall–Kier alpha value is -2.94. The molecule has 1 aromatic heterocycles. The highest BCUT2D eigenvalue weighted by Crippen LogP contribution is 2.25. The molecule has 0 saturated heterocycles. The van der Waals surface area contributed by atoms with Crippen LogP contribution in [0.1, 0.15) is 5.56 Å². The number of halogens is 1. The third kappa shape index (κ3) is 4.62. The number of nitrogens with zero attached hydrogens (tertiary/aromatic N) is 5. The zero-order valence-electron chi connectivity index (χ0n) is 14.9. The number of benzene rings is 2. The minimum absolute atomic E-state index is 0.0844. The first-order chi connectivity index (χ1) is 13.1. The molecule has 27 heavy (non-hydrogen) atoms. The second-order valence-electron chi connectivity index (χ2n) is 5.71. The van der Waals surface area contributed by atoms with E-state index >= 15 is 0 Å². The van der Waals surface area contributed by atoms with Crippen molar-refractivity contribution in [3.63, 3.8) is 0 Å². The van der Waals surface area contributed by atoms with Crippen molar-refractivity contribution in [2.45, 2.75) is 11.7 Å². The van der Waals surface area contributed by atoms with Gasteiger partial charge in [-0.25, -0.2) is 4.39 Å². The maximum Gasteiger partial charge on any atom is 0.233 e. The number of methoxy groups -OCH3 is 1. The van der Waals surface area contributed by atoms with Crippen LogP contribution >= 0.6 is 11.8 Å². The molecule has 0 aliphatic carbocycles. The van der Waals surface area contributed by atoms with E-state index in [1.165, 1.54) is 28.6 Å². The lowest BCUT2D eigenvalue weighted by atomic mass is 10.2. The van der Waals surface area contributed by atoms with Crippen molar-refractivity contribution in [1.82, 2.24) is 25.1 Å². The fourth-order valence-corrected chi connectivity index (χ4v) is 3.24. The Kier molecular flexibility index (Phi) is 6.02. The summed E-state index contributed by atoms with van der Waals surface area (Å²) in [5, 5.41) is 12.2. The number of para-hydroxylation sites is 2. The highest BCUT2D eigenvalue weighted by atomic mass is 32.2. The van der Waals surface area contributed by atoms with Crippen LogP contribution in [0.5, 0.6) is 5.75 Å². The molecule has 0 spiro atoms. The molecule has 0 bridgehead atoms. The quantitative estimate of drug-likeness (QED) is 0.580. The number of amides is 1. The van der Waals surface area contributed by atoms with E-state index in [4.69, 9.17) is 4.74 Å². The Labute approximate surface area is 160 Å². The first-order valence-corrected chi connectivity index (χ1v) is 9.10. The lowest BCUT2D eigenvalue weighted by molar-refractivity contribution is -0.127. The lowest BCUT2D eigenvalue weighted by Gasteiger charge is -2.17. The van der Waals surface area contributed by atoms with Gasteiger partial charge in [0.1, 0.15) is 17.3 Å². The highest BCUT2D eigenvalue weighted by molar-refractivity contribution is 7.99. The van der Waals surface area contributed by atoms with Gasteiger partial charge in [-0.1, -0.05) is 36.0 Å². The zero-order valence-corrected chi connectivity index (χ0v) is 15.7. The second-order valence-corrected chi connectivity index (χ2v) is 6.65. The molecule has 0 fully saturated rings. The van der Waals surface area contributed by atoms with E-state index in [9.17, 15) is 9.18 Å². The van der Waals surface area contributed by atoms with Crippen LogP contribution in [0.4, 0.5) is 4.39 Å². The van der Waals surface area contributed by atoms with Crippen molar-refractivity contribution >= 4 is 17.7 Å². The number of hydrogen-bond acceptors (Lipinski definition) is 6.